The third kappa shape index (κ3) is 13.5. The van der Waals surface area contributed by atoms with Gasteiger partial charge in [0.1, 0.15) is 30.5 Å². The van der Waals surface area contributed by atoms with Gasteiger partial charge in [-0.25, -0.2) is 0 Å². The minimum absolute atomic E-state index is 0.274. The van der Waals surface area contributed by atoms with Crippen LogP contribution in [0, 0.1) is 0 Å². The van der Waals surface area contributed by atoms with Gasteiger partial charge in [-0.1, -0.05) is 160 Å². The highest BCUT2D eigenvalue weighted by atomic mass is 32.2. The Labute approximate surface area is 309 Å². The molecule has 7 heteroatoms. The molecule has 0 spiro atoms. The van der Waals surface area contributed by atoms with Crippen molar-refractivity contribution >= 4 is 11.8 Å². The fourth-order valence-corrected chi connectivity index (χ4v) is 7.48. The molecule has 4 aromatic rings. The van der Waals surface area contributed by atoms with Gasteiger partial charge in [0.2, 0.25) is 0 Å². The summed E-state index contributed by atoms with van der Waals surface area (Å²) in [5.41, 5.74) is 4.18. The number of hydrogen-bond acceptors (Lipinski definition) is 7. The summed E-state index contributed by atoms with van der Waals surface area (Å²) in [4.78, 5) is 0. The van der Waals surface area contributed by atoms with Crippen LogP contribution in [0.4, 0.5) is 0 Å². The van der Waals surface area contributed by atoms with Crippen molar-refractivity contribution in [1.82, 2.24) is 0 Å². The van der Waals surface area contributed by atoms with Crippen LogP contribution >= 0.6 is 11.8 Å². The quantitative estimate of drug-likeness (QED) is 0.0816. The predicted molar refractivity (Wildman–Crippen MR) is 207 cm³/mol. The molecule has 1 heterocycles. The molecule has 1 aliphatic heterocycles. The van der Waals surface area contributed by atoms with Crippen molar-refractivity contribution in [1.29, 1.82) is 0 Å². The molecule has 0 unspecified atom stereocenters. The predicted octanol–water partition coefficient (Wildman–Crippen LogP) is 9.18. The van der Waals surface area contributed by atoms with Crippen LogP contribution < -0.4 is 0 Å². The first-order valence-corrected chi connectivity index (χ1v) is 19.9. The Morgan fingerprint density at radius 3 is 1.51 bits per heavy atom. The molecule has 0 aliphatic carbocycles. The van der Waals surface area contributed by atoms with E-state index in [9.17, 15) is 5.11 Å². The van der Waals surface area contributed by atoms with E-state index in [1.54, 1.807) is 0 Å². The molecule has 0 amide bonds. The van der Waals surface area contributed by atoms with Crippen molar-refractivity contribution in [3.63, 3.8) is 0 Å². The summed E-state index contributed by atoms with van der Waals surface area (Å²) in [5.74, 6) is 1.65. The number of aliphatic hydroxyl groups excluding tert-OH is 1. The Kier molecular flexibility index (Phi) is 17.5. The zero-order chi connectivity index (χ0) is 35.4. The first kappa shape index (κ1) is 39.2. The second kappa shape index (κ2) is 22.8. The van der Waals surface area contributed by atoms with Crippen molar-refractivity contribution < 1.29 is 28.8 Å². The van der Waals surface area contributed by atoms with Gasteiger partial charge in [-0.3, -0.25) is 0 Å². The molecule has 0 aromatic heterocycles. The number of rotatable bonds is 22. The summed E-state index contributed by atoms with van der Waals surface area (Å²) in [7, 11) is 0. The minimum Gasteiger partial charge on any atom is -0.388 e. The lowest BCUT2D eigenvalue weighted by Gasteiger charge is -2.35. The van der Waals surface area contributed by atoms with Gasteiger partial charge in [0.15, 0.2) is 0 Å². The molecule has 6 nitrogen and oxygen atoms in total. The van der Waals surface area contributed by atoms with Gasteiger partial charge in [-0.2, -0.15) is 11.8 Å². The van der Waals surface area contributed by atoms with Gasteiger partial charge in [0, 0.05) is 5.75 Å². The third-order valence-corrected chi connectivity index (χ3v) is 10.4. The molecule has 274 valence electrons. The average Bonchev–Trinajstić information content (AvgIpc) is 3.28. The molecule has 4 aromatic carbocycles. The van der Waals surface area contributed by atoms with Crippen LogP contribution in [-0.4, -0.2) is 59.8 Å². The molecule has 0 radical (unpaired) electrons. The minimum atomic E-state index is -0.950. The normalized spacial score (nSPS) is 22.1. The molecule has 1 fully saturated rings. The second-order valence-corrected chi connectivity index (χ2v) is 14.5. The number of benzene rings is 4. The van der Waals surface area contributed by atoms with E-state index in [1.165, 1.54) is 32.1 Å². The highest BCUT2D eigenvalue weighted by molar-refractivity contribution is 7.99. The number of ether oxygens (including phenoxy) is 5. The van der Waals surface area contributed by atoms with Crippen molar-refractivity contribution in [2.45, 2.75) is 108 Å². The van der Waals surface area contributed by atoms with Gasteiger partial charge in [-0.05, 0) is 34.4 Å². The van der Waals surface area contributed by atoms with Gasteiger partial charge in [0.25, 0.3) is 0 Å². The van der Waals surface area contributed by atoms with Crippen LogP contribution in [0.3, 0.4) is 0 Å². The molecule has 0 saturated carbocycles. The van der Waals surface area contributed by atoms with Crippen LogP contribution in [0.1, 0.15) is 67.7 Å². The molecule has 51 heavy (non-hydrogen) atoms. The summed E-state index contributed by atoms with van der Waals surface area (Å²) >= 11 is 1.84. The smallest absolute Gasteiger partial charge is 0.115 e. The first-order valence-electron chi connectivity index (χ1n) is 18.7. The zero-order valence-corrected chi connectivity index (χ0v) is 30.9. The average molecular weight is 713 g/mol. The maximum absolute atomic E-state index is 12.2. The molecule has 0 bridgehead atoms. The van der Waals surface area contributed by atoms with Gasteiger partial charge < -0.3 is 28.8 Å². The van der Waals surface area contributed by atoms with Gasteiger partial charge >= 0.3 is 0 Å². The number of thioether (sulfide) groups is 1. The molecular formula is C44H56O6S. The van der Waals surface area contributed by atoms with E-state index < -0.39 is 36.6 Å². The van der Waals surface area contributed by atoms with Crippen molar-refractivity contribution in [2.75, 3.05) is 18.1 Å². The summed E-state index contributed by atoms with van der Waals surface area (Å²) < 4.78 is 33.6. The number of unbranched alkanes of at least 4 members (excludes halogenated alkanes) is 5. The Morgan fingerprint density at radius 1 is 0.529 bits per heavy atom. The summed E-state index contributed by atoms with van der Waals surface area (Å²) in [6, 6.07) is 40.5. The van der Waals surface area contributed by atoms with Crippen LogP contribution in [0.2, 0.25) is 0 Å². The molecule has 1 aliphatic rings. The van der Waals surface area contributed by atoms with E-state index in [4.69, 9.17) is 23.7 Å². The van der Waals surface area contributed by atoms with E-state index >= 15 is 0 Å². The topological polar surface area (TPSA) is 66.4 Å². The number of hydrogen-bond donors (Lipinski definition) is 1. The van der Waals surface area contributed by atoms with Gasteiger partial charge in [0.05, 0.1) is 39.1 Å². The van der Waals surface area contributed by atoms with E-state index in [2.05, 4.69) is 31.2 Å². The number of aliphatic hydroxyl groups is 1. The maximum Gasteiger partial charge on any atom is 0.115 e. The molecular weight excluding hydrogens is 657 g/mol. The molecule has 6 atom stereocenters. The largest absolute Gasteiger partial charge is 0.388 e. The Hall–Kier alpha value is -3.01. The summed E-state index contributed by atoms with van der Waals surface area (Å²) in [5, 5.41) is 12.2. The van der Waals surface area contributed by atoms with Crippen molar-refractivity contribution in [3.05, 3.63) is 144 Å². The fourth-order valence-electron chi connectivity index (χ4n) is 6.40. The van der Waals surface area contributed by atoms with Crippen molar-refractivity contribution in [2.24, 2.45) is 0 Å². The maximum atomic E-state index is 12.2. The lowest BCUT2D eigenvalue weighted by Crippen LogP contribution is -2.51. The lowest BCUT2D eigenvalue weighted by atomic mass is 9.98. The SMILES string of the molecule is CCCCCCCCSC[C@@H]1O[C@H](COCc2ccccc2)[C@@H](OCc2ccccc2)[C@H](OCc2ccccc2)[C@@H](OCc2ccccc2)[C@@H]1O. The van der Waals surface area contributed by atoms with Crippen LogP contribution in [0.25, 0.3) is 0 Å². The van der Waals surface area contributed by atoms with E-state index in [0.717, 1.165) is 34.4 Å². The van der Waals surface area contributed by atoms with Crippen LogP contribution in [0.15, 0.2) is 121 Å². The highest BCUT2D eigenvalue weighted by Gasteiger charge is 2.48. The van der Waals surface area contributed by atoms with E-state index in [-0.39, 0.29) is 6.61 Å². The fraction of sp³-hybridized carbons (Fsp3) is 0.455. The molecule has 5 rings (SSSR count). The Balaban J connectivity index is 1.41. The first-order chi connectivity index (χ1) is 25.2. The zero-order valence-electron chi connectivity index (χ0n) is 30.1. The third-order valence-electron chi connectivity index (χ3n) is 9.25. The van der Waals surface area contributed by atoms with Crippen molar-refractivity contribution in [3.8, 4) is 0 Å². The van der Waals surface area contributed by atoms with E-state index in [0.29, 0.717) is 32.2 Å². The lowest BCUT2D eigenvalue weighted by molar-refractivity contribution is -0.184. The monoisotopic (exact) mass is 712 g/mol. The Morgan fingerprint density at radius 2 is 0.980 bits per heavy atom. The highest BCUT2D eigenvalue weighted by Crippen LogP contribution is 2.32. The second-order valence-electron chi connectivity index (χ2n) is 13.3. The Bertz CT molecular complexity index is 1440. The van der Waals surface area contributed by atoms with Gasteiger partial charge in [-0.15, -0.1) is 0 Å². The molecule has 1 saturated heterocycles. The standard InChI is InChI=1S/C44H56O6S/c1-2-3-4-5-6-19-28-51-34-40-41(45)43(48-31-37-24-15-9-16-25-37)44(49-32-38-26-17-10-18-27-38)42(47-30-36-22-13-8-14-23-36)39(50-40)33-46-29-35-20-11-7-12-21-35/h7-18,20-27,39-45H,2-6,19,28-34H2,1H3/t39-,40+,41-,42-,43+,44+/m1/s1. The summed E-state index contributed by atoms with van der Waals surface area (Å²) in [6.07, 6.45) is 3.58. The van der Waals surface area contributed by atoms with Crippen LogP contribution in [0.5, 0.6) is 0 Å². The van der Waals surface area contributed by atoms with E-state index in [1.807, 2.05) is 109 Å². The molecule has 1 N–H and O–H groups in total. The van der Waals surface area contributed by atoms with Crippen LogP contribution in [-0.2, 0) is 50.1 Å². The summed E-state index contributed by atoms with van der Waals surface area (Å²) in [6.45, 7) is 3.98.